The van der Waals surface area contributed by atoms with Crippen LogP contribution >= 0.6 is 15.9 Å². The highest BCUT2D eigenvalue weighted by Crippen LogP contribution is 2.47. The van der Waals surface area contributed by atoms with Crippen molar-refractivity contribution in [3.05, 3.63) is 35.9 Å². The highest BCUT2D eigenvalue weighted by atomic mass is 79.9. The van der Waals surface area contributed by atoms with Crippen molar-refractivity contribution >= 4 is 22.0 Å². The molecular formula is C14H17BrO. The Labute approximate surface area is 106 Å². The van der Waals surface area contributed by atoms with E-state index in [1.807, 2.05) is 31.2 Å². The first kappa shape index (κ1) is 11.7. The van der Waals surface area contributed by atoms with Crippen molar-refractivity contribution in [2.45, 2.75) is 19.8 Å². The second kappa shape index (κ2) is 5.05. The average Bonchev–Trinajstić information content (AvgIpc) is 3.09. The summed E-state index contributed by atoms with van der Waals surface area (Å²) in [7, 11) is 0. The van der Waals surface area contributed by atoms with Gasteiger partial charge in [-0.15, -0.1) is 0 Å². The van der Waals surface area contributed by atoms with Crippen LogP contribution in [0.2, 0.25) is 0 Å². The lowest BCUT2D eigenvalue weighted by molar-refractivity contribution is 0.251. The highest BCUT2D eigenvalue weighted by Gasteiger charge is 2.42. The van der Waals surface area contributed by atoms with Crippen LogP contribution in [0.25, 0.3) is 6.08 Å². The van der Waals surface area contributed by atoms with Gasteiger partial charge in [-0.3, -0.25) is 0 Å². The van der Waals surface area contributed by atoms with E-state index in [2.05, 4.69) is 28.1 Å². The number of benzene rings is 1. The van der Waals surface area contributed by atoms with E-state index >= 15 is 0 Å². The van der Waals surface area contributed by atoms with E-state index in [0.29, 0.717) is 5.41 Å². The third-order valence-electron chi connectivity index (χ3n) is 3.04. The van der Waals surface area contributed by atoms with Crippen LogP contribution in [0.3, 0.4) is 0 Å². The van der Waals surface area contributed by atoms with Crippen LogP contribution < -0.4 is 4.74 Å². The van der Waals surface area contributed by atoms with Crippen molar-refractivity contribution in [3.8, 4) is 5.75 Å². The van der Waals surface area contributed by atoms with Crippen LogP contribution in [0.4, 0.5) is 0 Å². The Morgan fingerprint density at radius 1 is 1.38 bits per heavy atom. The number of para-hydroxylation sites is 1. The van der Waals surface area contributed by atoms with Gasteiger partial charge in [0.1, 0.15) is 5.75 Å². The van der Waals surface area contributed by atoms with Gasteiger partial charge in [0.15, 0.2) is 0 Å². The van der Waals surface area contributed by atoms with Crippen molar-refractivity contribution in [2.24, 2.45) is 5.41 Å². The Bertz CT molecular complexity index is 380. The minimum atomic E-state index is 0.406. The van der Waals surface area contributed by atoms with Crippen LogP contribution in [-0.2, 0) is 0 Å². The minimum absolute atomic E-state index is 0.406. The predicted octanol–water partition coefficient (Wildman–Crippen LogP) is 4.27. The van der Waals surface area contributed by atoms with E-state index in [0.717, 1.165) is 23.2 Å². The van der Waals surface area contributed by atoms with E-state index in [9.17, 15) is 0 Å². The van der Waals surface area contributed by atoms with Crippen LogP contribution in [0, 0.1) is 5.41 Å². The molecule has 0 aromatic heterocycles. The molecule has 1 fully saturated rings. The molecule has 0 saturated heterocycles. The number of alkyl halides is 1. The fourth-order valence-electron chi connectivity index (χ4n) is 1.65. The number of allylic oxidation sites excluding steroid dienone is 1. The molecule has 1 aromatic rings. The van der Waals surface area contributed by atoms with Gasteiger partial charge in [-0.2, -0.15) is 0 Å². The van der Waals surface area contributed by atoms with Gasteiger partial charge in [0.25, 0.3) is 0 Å². The van der Waals surface area contributed by atoms with Crippen LogP contribution in [0.1, 0.15) is 25.3 Å². The zero-order chi connectivity index (χ0) is 11.4. The lowest BCUT2D eigenvalue weighted by Gasteiger charge is -2.14. The van der Waals surface area contributed by atoms with Gasteiger partial charge in [-0.25, -0.2) is 0 Å². The minimum Gasteiger partial charge on any atom is -0.492 e. The topological polar surface area (TPSA) is 9.23 Å². The molecule has 0 spiro atoms. The second-order valence-corrected chi connectivity index (χ2v) is 5.02. The lowest BCUT2D eigenvalue weighted by Crippen LogP contribution is -2.14. The maximum absolute atomic E-state index is 5.93. The first-order valence-corrected chi connectivity index (χ1v) is 6.82. The highest BCUT2D eigenvalue weighted by molar-refractivity contribution is 9.09. The number of ether oxygens (including phenoxy) is 1. The third-order valence-corrected chi connectivity index (χ3v) is 4.23. The summed E-state index contributed by atoms with van der Waals surface area (Å²) in [4.78, 5) is 0. The predicted molar refractivity (Wildman–Crippen MR) is 72.1 cm³/mol. The molecule has 0 heterocycles. The van der Waals surface area contributed by atoms with Crippen molar-refractivity contribution in [2.75, 3.05) is 11.9 Å². The smallest absolute Gasteiger partial charge is 0.126 e. The number of hydrogen-bond donors (Lipinski definition) is 0. The van der Waals surface area contributed by atoms with Crippen molar-refractivity contribution in [1.29, 1.82) is 0 Å². The Morgan fingerprint density at radius 2 is 2.12 bits per heavy atom. The molecule has 2 heteroatoms. The van der Waals surface area contributed by atoms with Gasteiger partial charge >= 0.3 is 0 Å². The summed E-state index contributed by atoms with van der Waals surface area (Å²) in [6.45, 7) is 2.85. The summed E-state index contributed by atoms with van der Waals surface area (Å²) in [6.07, 6.45) is 6.69. The molecule has 0 amide bonds. The monoisotopic (exact) mass is 280 g/mol. The van der Waals surface area contributed by atoms with E-state index in [1.165, 1.54) is 12.8 Å². The summed E-state index contributed by atoms with van der Waals surface area (Å²) >= 11 is 3.56. The fraction of sp³-hybridized carbons (Fsp3) is 0.429. The molecule has 1 nitrogen and oxygen atoms in total. The molecule has 1 aromatic carbocycles. The molecule has 0 N–H and O–H groups in total. The first-order valence-electron chi connectivity index (χ1n) is 5.70. The van der Waals surface area contributed by atoms with E-state index < -0.39 is 0 Å². The van der Waals surface area contributed by atoms with Crippen LogP contribution in [0.15, 0.2) is 30.3 Å². The SMILES string of the molecule is CC=Cc1ccccc1OCC1(CBr)CC1. The Kier molecular flexibility index (Phi) is 3.70. The molecule has 86 valence electrons. The zero-order valence-electron chi connectivity index (χ0n) is 9.58. The average molecular weight is 281 g/mol. The summed E-state index contributed by atoms with van der Waals surface area (Å²) in [5.74, 6) is 0.993. The Morgan fingerprint density at radius 3 is 2.75 bits per heavy atom. The first-order chi connectivity index (χ1) is 7.79. The van der Waals surface area contributed by atoms with Gasteiger partial charge in [-0.1, -0.05) is 46.3 Å². The second-order valence-electron chi connectivity index (χ2n) is 4.46. The lowest BCUT2D eigenvalue weighted by atomic mass is 10.1. The zero-order valence-corrected chi connectivity index (χ0v) is 11.2. The largest absolute Gasteiger partial charge is 0.492 e. The molecule has 1 aliphatic carbocycles. The molecule has 0 unspecified atom stereocenters. The molecular weight excluding hydrogens is 264 g/mol. The van der Waals surface area contributed by atoms with Gasteiger partial charge in [-0.05, 0) is 25.8 Å². The normalized spacial score (nSPS) is 17.6. The number of halogens is 1. The summed E-state index contributed by atoms with van der Waals surface area (Å²) in [5.41, 5.74) is 1.57. The van der Waals surface area contributed by atoms with Crippen molar-refractivity contribution < 1.29 is 4.74 Å². The maximum atomic E-state index is 5.93. The van der Waals surface area contributed by atoms with Gasteiger partial charge in [0, 0.05) is 16.3 Å². The van der Waals surface area contributed by atoms with Gasteiger partial charge < -0.3 is 4.74 Å². The molecule has 2 rings (SSSR count). The number of rotatable bonds is 5. The molecule has 16 heavy (non-hydrogen) atoms. The van der Waals surface area contributed by atoms with E-state index in [4.69, 9.17) is 4.74 Å². The standard InChI is InChI=1S/C14H17BrO/c1-2-5-12-6-3-4-7-13(12)16-11-14(10-15)8-9-14/h2-7H,8-11H2,1H3. The molecule has 0 bridgehead atoms. The van der Waals surface area contributed by atoms with Crippen LogP contribution in [-0.4, -0.2) is 11.9 Å². The molecule has 0 atom stereocenters. The molecule has 0 radical (unpaired) electrons. The summed E-state index contributed by atoms with van der Waals surface area (Å²) in [6, 6.07) is 8.19. The van der Waals surface area contributed by atoms with E-state index in [-0.39, 0.29) is 0 Å². The Hall–Kier alpha value is -0.760. The van der Waals surface area contributed by atoms with Crippen LogP contribution in [0.5, 0.6) is 5.75 Å². The van der Waals surface area contributed by atoms with Gasteiger partial charge in [0.05, 0.1) is 6.61 Å². The fourth-order valence-corrected chi connectivity index (χ4v) is 2.38. The summed E-state index contributed by atoms with van der Waals surface area (Å²) in [5, 5.41) is 1.05. The molecule has 1 aliphatic rings. The summed E-state index contributed by atoms with van der Waals surface area (Å²) < 4.78 is 5.93. The Balaban J connectivity index is 2.03. The molecule has 1 saturated carbocycles. The maximum Gasteiger partial charge on any atom is 0.126 e. The quantitative estimate of drug-likeness (QED) is 0.732. The molecule has 0 aliphatic heterocycles. The van der Waals surface area contributed by atoms with Crippen molar-refractivity contribution in [1.82, 2.24) is 0 Å². The number of hydrogen-bond acceptors (Lipinski definition) is 1. The van der Waals surface area contributed by atoms with Crippen molar-refractivity contribution in [3.63, 3.8) is 0 Å². The third kappa shape index (κ3) is 2.67. The van der Waals surface area contributed by atoms with Gasteiger partial charge in [0.2, 0.25) is 0 Å². The van der Waals surface area contributed by atoms with E-state index in [1.54, 1.807) is 0 Å².